The van der Waals surface area contributed by atoms with Gasteiger partial charge >= 0.3 is 5.97 Å². The van der Waals surface area contributed by atoms with E-state index in [9.17, 15) is 9.59 Å². The average Bonchev–Trinajstić information content (AvgIpc) is 2.78. The molecule has 0 aliphatic heterocycles. The van der Waals surface area contributed by atoms with Gasteiger partial charge in [0.25, 0.3) is 5.91 Å². The fourth-order valence-electron chi connectivity index (χ4n) is 2.78. The van der Waals surface area contributed by atoms with Crippen LogP contribution in [0.4, 0.5) is 5.82 Å². The van der Waals surface area contributed by atoms with Crippen molar-refractivity contribution < 1.29 is 28.7 Å². The number of carboxylic acid groups (broad SMARTS) is 1. The molecule has 166 valence electrons. The first-order valence-corrected chi connectivity index (χ1v) is 10.2. The fraction of sp³-hybridized carbons (Fsp3) is 0.174. The SMILES string of the molecule is C[C@@H](COP)Oc1cc(OCc2ccccc2)cc(C(=O)Nc2ccc(C(=O)O)cn2)c1. The highest BCUT2D eigenvalue weighted by atomic mass is 31.0. The van der Waals surface area contributed by atoms with E-state index in [1.54, 1.807) is 18.2 Å². The van der Waals surface area contributed by atoms with Crippen molar-refractivity contribution in [2.24, 2.45) is 0 Å². The first-order chi connectivity index (χ1) is 15.4. The maximum Gasteiger partial charge on any atom is 0.337 e. The third kappa shape index (κ3) is 6.77. The molecule has 2 atom stereocenters. The number of amides is 1. The van der Waals surface area contributed by atoms with Gasteiger partial charge in [-0.2, -0.15) is 0 Å². The third-order valence-electron chi connectivity index (χ3n) is 4.31. The molecule has 0 fully saturated rings. The molecule has 0 saturated heterocycles. The minimum Gasteiger partial charge on any atom is -0.489 e. The van der Waals surface area contributed by atoms with Crippen LogP contribution in [-0.2, 0) is 11.1 Å². The van der Waals surface area contributed by atoms with Crippen LogP contribution < -0.4 is 14.8 Å². The highest BCUT2D eigenvalue weighted by Gasteiger charge is 2.14. The minimum absolute atomic E-state index is 0.0280. The summed E-state index contributed by atoms with van der Waals surface area (Å²) in [6.45, 7) is 2.52. The number of hydrogen-bond donors (Lipinski definition) is 2. The van der Waals surface area contributed by atoms with E-state index in [-0.39, 0.29) is 17.5 Å². The molecule has 1 unspecified atom stereocenters. The van der Waals surface area contributed by atoms with Crippen molar-refractivity contribution in [2.75, 3.05) is 11.9 Å². The lowest BCUT2D eigenvalue weighted by molar-refractivity contribution is 0.0696. The zero-order chi connectivity index (χ0) is 22.9. The van der Waals surface area contributed by atoms with Crippen molar-refractivity contribution in [1.82, 2.24) is 4.98 Å². The Bertz CT molecular complexity index is 1060. The number of aromatic nitrogens is 1. The van der Waals surface area contributed by atoms with Gasteiger partial charge in [-0.25, -0.2) is 9.78 Å². The largest absolute Gasteiger partial charge is 0.489 e. The number of ether oxygens (including phenoxy) is 2. The molecule has 9 heteroatoms. The third-order valence-corrected chi connectivity index (χ3v) is 4.50. The molecule has 0 saturated carbocycles. The molecule has 3 aromatic rings. The number of pyridine rings is 1. The summed E-state index contributed by atoms with van der Waals surface area (Å²) in [5.41, 5.74) is 1.31. The molecule has 2 N–H and O–H groups in total. The topological polar surface area (TPSA) is 107 Å². The molecule has 0 bridgehead atoms. The van der Waals surface area contributed by atoms with Gasteiger partial charge in [-0.1, -0.05) is 30.3 Å². The van der Waals surface area contributed by atoms with Crippen LogP contribution in [0.2, 0.25) is 0 Å². The number of nitrogens with one attached hydrogen (secondary N) is 1. The van der Waals surface area contributed by atoms with E-state index in [0.29, 0.717) is 30.3 Å². The monoisotopic (exact) mass is 454 g/mol. The minimum atomic E-state index is -1.09. The van der Waals surface area contributed by atoms with Crippen molar-refractivity contribution in [3.8, 4) is 11.5 Å². The summed E-state index contributed by atoms with van der Waals surface area (Å²) >= 11 is 0. The van der Waals surface area contributed by atoms with Crippen LogP contribution in [0.15, 0.2) is 66.9 Å². The Morgan fingerprint density at radius 2 is 1.81 bits per heavy atom. The quantitative estimate of drug-likeness (QED) is 0.443. The summed E-state index contributed by atoms with van der Waals surface area (Å²) in [4.78, 5) is 27.7. The lowest BCUT2D eigenvalue weighted by Gasteiger charge is -2.16. The Hall–Kier alpha value is -3.48. The Labute approximate surface area is 187 Å². The van der Waals surface area contributed by atoms with Crippen LogP contribution in [0.3, 0.4) is 0 Å². The molecule has 1 aromatic heterocycles. The van der Waals surface area contributed by atoms with Gasteiger partial charge in [-0.15, -0.1) is 0 Å². The lowest BCUT2D eigenvalue weighted by Crippen LogP contribution is -2.18. The Morgan fingerprint density at radius 1 is 1.06 bits per heavy atom. The molecule has 2 aromatic carbocycles. The van der Waals surface area contributed by atoms with Crippen molar-refractivity contribution in [3.63, 3.8) is 0 Å². The number of carboxylic acids is 1. The van der Waals surface area contributed by atoms with Crippen molar-refractivity contribution >= 4 is 27.2 Å². The fourth-order valence-corrected chi connectivity index (χ4v) is 3.05. The molecule has 0 aliphatic rings. The van der Waals surface area contributed by atoms with E-state index in [2.05, 4.69) is 19.8 Å². The highest BCUT2D eigenvalue weighted by Crippen LogP contribution is 2.26. The van der Waals surface area contributed by atoms with Gasteiger partial charge in [0, 0.05) is 27.3 Å². The maximum atomic E-state index is 12.8. The van der Waals surface area contributed by atoms with Gasteiger partial charge in [0.05, 0.1) is 12.2 Å². The summed E-state index contributed by atoms with van der Waals surface area (Å²) in [5, 5.41) is 11.6. The number of carbonyl (C=O) groups excluding carboxylic acids is 1. The summed E-state index contributed by atoms with van der Waals surface area (Å²) < 4.78 is 16.8. The van der Waals surface area contributed by atoms with E-state index in [4.69, 9.17) is 19.1 Å². The second kappa shape index (κ2) is 11.2. The van der Waals surface area contributed by atoms with Crippen molar-refractivity contribution in [3.05, 3.63) is 83.6 Å². The normalized spacial score (nSPS) is 11.4. The van der Waals surface area contributed by atoms with E-state index < -0.39 is 11.9 Å². The van der Waals surface area contributed by atoms with Crippen LogP contribution in [0.5, 0.6) is 11.5 Å². The zero-order valence-electron chi connectivity index (χ0n) is 17.4. The number of benzene rings is 2. The van der Waals surface area contributed by atoms with Crippen LogP contribution in [-0.4, -0.2) is 34.7 Å². The van der Waals surface area contributed by atoms with Gasteiger partial charge in [0.15, 0.2) is 0 Å². The molecular formula is C23H23N2O6P. The molecule has 8 nitrogen and oxygen atoms in total. The number of rotatable bonds is 10. The van der Waals surface area contributed by atoms with E-state index in [1.807, 2.05) is 37.3 Å². The molecule has 32 heavy (non-hydrogen) atoms. The Balaban J connectivity index is 1.79. The highest BCUT2D eigenvalue weighted by molar-refractivity contribution is 7.09. The van der Waals surface area contributed by atoms with Gasteiger partial charge in [0.2, 0.25) is 0 Å². The number of carbonyl (C=O) groups is 2. The van der Waals surface area contributed by atoms with E-state index in [1.165, 1.54) is 18.3 Å². The van der Waals surface area contributed by atoms with Gasteiger partial charge in [-0.3, -0.25) is 4.79 Å². The van der Waals surface area contributed by atoms with E-state index >= 15 is 0 Å². The zero-order valence-corrected chi connectivity index (χ0v) is 18.5. The molecule has 1 heterocycles. The van der Waals surface area contributed by atoms with Crippen molar-refractivity contribution in [2.45, 2.75) is 19.6 Å². The number of anilines is 1. The molecule has 0 spiro atoms. The lowest BCUT2D eigenvalue weighted by atomic mass is 10.1. The summed E-state index contributed by atoms with van der Waals surface area (Å²) in [6, 6.07) is 17.3. The number of aromatic carboxylic acids is 1. The Kier molecular flexibility index (Phi) is 8.14. The maximum absolute atomic E-state index is 12.8. The molecular weight excluding hydrogens is 431 g/mol. The number of nitrogens with zero attached hydrogens (tertiary/aromatic N) is 1. The van der Waals surface area contributed by atoms with Crippen LogP contribution in [0.25, 0.3) is 0 Å². The average molecular weight is 454 g/mol. The summed E-state index contributed by atoms with van der Waals surface area (Å²) in [7, 11) is 2.17. The van der Waals surface area contributed by atoms with Gasteiger partial charge in [0.1, 0.15) is 30.0 Å². The van der Waals surface area contributed by atoms with Crippen LogP contribution in [0.1, 0.15) is 33.2 Å². The smallest absolute Gasteiger partial charge is 0.337 e. The first kappa shape index (κ1) is 23.2. The van der Waals surface area contributed by atoms with Gasteiger partial charge in [-0.05, 0) is 36.8 Å². The Morgan fingerprint density at radius 3 is 2.47 bits per heavy atom. The standard InChI is InChI=1S/C23H23N2O6P/c1-15(13-30-32)31-20-10-18(9-19(11-20)29-14-16-5-3-2-4-6-16)22(26)25-21-8-7-17(12-24-21)23(27)28/h2-12,15H,13-14,32H2,1H3,(H,27,28)(H,24,25,26)/t15-/m0/s1. The second-order valence-electron chi connectivity index (χ2n) is 6.92. The molecule has 3 rings (SSSR count). The second-order valence-corrected chi connectivity index (χ2v) is 7.25. The number of hydrogen-bond acceptors (Lipinski definition) is 6. The molecule has 0 radical (unpaired) electrons. The molecule has 1 amide bonds. The van der Waals surface area contributed by atoms with Gasteiger partial charge < -0.3 is 24.4 Å². The summed E-state index contributed by atoms with van der Waals surface area (Å²) in [6.07, 6.45) is 0.925. The van der Waals surface area contributed by atoms with Crippen molar-refractivity contribution in [1.29, 1.82) is 0 Å². The van der Waals surface area contributed by atoms with Crippen LogP contribution in [0, 0.1) is 0 Å². The predicted molar refractivity (Wildman–Crippen MR) is 122 cm³/mol. The van der Waals surface area contributed by atoms with Crippen LogP contribution >= 0.6 is 9.47 Å². The molecule has 0 aliphatic carbocycles. The first-order valence-electron chi connectivity index (χ1n) is 9.75. The predicted octanol–water partition coefficient (Wildman–Crippen LogP) is 4.19. The summed E-state index contributed by atoms with van der Waals surface area (Å²) in [5.74, 6) is -0.397. The van der Waals surface area contributed by atoms with E-state index in [0.717, 1.165) is 5.56 Å².